The van der Waals surface area contributed by atoms with E-state index in [4.69, 9.17) is 20.9 Å². The van der Waals surface area contributed by atoms with Crippen molar-refractivity contribution in [3.05, 3.63) is 0 Å². The summed E-state index contributed by atoms with van der Waals surface area (Å²) in [6, 6.07) is -1.01. The maximum Gasteiger partial charge on any atom is 0.185 e. The van der Waals surface area contributed by atoms with Crippen molar-refractivity contribution in [2.24, 2.45) is 11.5 Å². The van der Waals surface area contributed by atoms with Crippen molar-refractivity contribution >= 4 is 0 Å². The minimum atomic E-state index is -1.25. The zero-order chi connectivity index (χ0) is 19.0. The average molecular weight is 366 g/mol. The first-order valence-corrected chi connectivity index (χ1v) is 8.57. The van der Waals surface area contributed by atoms with Gasteiger partial charge in [0.15, 0.2) is 6.29 Å². The maximum absolute atomic E-state index is 10.4. The number of aliphatic hydroxyl groups excluding tert-OH is 3. The van der Waals surface area contributed by atoms with E-state index in [1.807, 2.05) is 0 Å². The SMILES string of the molecule is CN[C@@H]1[C@@H](O)[C@@H](O[C@H](CO)[C@@H](CCN)NCC(O)CN)OC[C@]1(C)O. The van der Waals surface area contributed by atoms with Crippen LogP contribution in [0.3, 0.4) is 0 Å². The number of hydrogen-bond acceptors (Lipinski definition) is 10. The Hall–Kier alpha value is -0.400. The minimum absolute atomic E-state index is 0.0285. The van der Waals surface area contributed by atoms with E-state index in [1.54, 1.807) is 14.0 Å². The molecule has 1 rings (SSSR count). The Labute approximate surface area is 148 Å². The Morgan fingerprint density at radius 2 is 2.08 bits per heavy atom. The van der Waals surface area contributed by atoms with Crippen LogP contribution in [0.1, 0.15) is 13.3 Å². The topological polar surface area (TPSA) is 175 Å². The van der Waals surface area contributed by atoms with Gasteiger partial charge in [0.05, 0.1) is 31.5 Å². The van der Waals surface area contributed by atoms with Crippen LogP contribution in [0, 0.1) is 0 Å². The van der Waals surface area contributed by atoms with Gasteiger partial charge in [-0.15, -0.1) is 0 Å². The van der Waals surface area contributed by atoms with Gasteiger partial charge in [0.2, 0.25) is 0 Å². The normalized spacial score (nSPS) is 33.8. The van der Waals surface area contributed by atoms with Crippen molar-refractivity contribution in [2.45, 2.75) is 55.6 Å². The first-order chi connectivity index (χ1) is 11.8. The van der Waals surface area contributed by atoms with E-state index in [-0.39, 0.29) is 32.3 Å². The molecular weight excluding hydrogens is 332 g/mol. The number of nitrogens with one attached hydrogen (secondary N) is 2. The van der Waals surface area contributed by atoms with E-state index in [2.05, 4.69) is 10.6 Å². The van der Waals surface area contributed by atoms with Gasteiger partial charge in [-0.2, -0.15) is 0 Å². The van der Waals surface area contributed by atoms with Crippen LogP contribution in [-0.2, 0) is 9.47 Å². The third kappa shape index (κ3) is 6.36. The van der Waals surface area contributed by atoms with Gasteiger partial charge in [-0.3, -0.25) is 0 Å². The molecular formula is C15H34N4O6. The molecule has 1 heterocycles. The lowest BCUT2D eigenvalue weighted by Gasteiger charge is -2.45. The highest BCUT2D eigenvalue weighted by molar-refractivity contribution is 4.97. The average Bonchev–Trinajstić information content (AvgIpc) is 2.58. The van der Waals surface area contributed by atoms with Crippen molar-refractivity contribution in [2.75, 3.05) is 39.9 Å². The number of hydrogen-bond donors (Lipinski definition) is 8. The van der Waals surface area contributed by atoms with Crippen LogP contribution in [0.5, 0.6) is 0 Å². The molecule has 0 radical (unpaired) electrons. The smallest absolute Gasteiger partial charge is 0.185 e. The van der Waals surface area contributed by atoms with Gasteiger partial charge in [-0.25, -0.2) is 0 Å². The molecule has 1 saturated heterocycles. The standard InChI is InChI=1S/C15H34N4O6/c1-15(23)8-24-14(12(22)13(15)18-2)25-11(7-20)10(3-4-16)19-6-9(21)5-17/h9-14,18-23H,3-8,16-17H2,1-2H3/t9?,10-,11-,12-,13-,14-,15+/m1/s1. The van der Waals surface area contributed by atoms with Crippen LogP contribution >= 0.6 is 0 Å². The van der Waals surface area contributed by atoms with Gasteiger partial charge < -0.3 is 52.0 Å². The third-order valence-electron chi connectivity index (χ3n) is 4.44. The summed E-state index contributed by atoms with van der Waals surface area (Å²) in [5, 5.41) is 45.9. The first kappa shape index (κ1) is 22.6. The molecule has 0 aromatic rings. The molecule has 0 aromatic heterocycles. The molecule has 0 aliphatic carbocycles. The summed E-state index contributed by atoms with van der Waals surface area (Å²) in [6.07, 6.45) is -3.10. The second kappa shape index (κ2) is 10.7. The van der Waals surface area contributed by atoms with Crippen molar-refractivity contribution in [3.8, 4) is 0 Å². The number of rotatable bonds is 11. The lowest BCUT2D eigenvalue weighted by molar-refractivity contribution is -0.285. The third-order valence-corrected chi connectivity index (χ3v) is 4.44. The highest BCUT2D eigenvalue weighted by Crippen LogP contribution is 2.25. The van der Waals surface area contributed by atoms with E-state index >= 15 is 0 Å². The molecule has 10 heteroatoms. The van der Waals surface area contributed by atoms with Crippen LogP contribution in [-0.4, -0.2) is 103 Å². The highest BCUT2D eigenvalue weighted by atomic mass is 16.7. The Morgan fingerprint density at radius 1 is 1.40 bits per heavy atom. The second-order valence-electron chi connectivity index (χ2n) is 6.63. The van der Waals surface area contributed by atoms with Crippen LogP contribution in [0.4, 0.5) is 0 Å². The molecule has 0 bridgehead atoms. The predicted molar refractivity (Wildman–Crippen MR) is 91.7 cm³/mol. The second-order valence-corrected chi connectivity index (χ2v) is 6.63. The maximum atomic E-state index is 10.4. The molecule has 1 unspecified atom stereocenters. The molecule has 1 fully saturated rings. The van der Waals surface area contributed by atoms with E-state index < -0.39 is 36.2 Å². The molecule has 0 spiro atoms. The van der Waals surface area contributed by atoms with Gasteiger partial charge >= 0.3 is 0 Å². The Balaban J connectivity index is 2.73. The molecule has 10 nitrogen and oxygen atoms in total. The van der Waals surface area contributed by atoms with Gasteiger partial charge in [0.1, 0.15) is 11.7 Å². The molecule has 0 saturated carbocycles. The molecule has 0 aromatic carbocycles. The predicted octanol–water partition coefficient (Wildman–Crippen LogP) is -3.95. The molecule has 0 amide bonds. The van der Waals surface area contributed by atoms with E-state index in [0.29, 0.717) is 13.0 Å². The van der Waals surface area contributed by atoms with Crippen LogP contribution < -0.4 is 22.1 Å². The van der Waals surface area contributed by atoms with E-state index in [0.717, 1.165) is 0 Å². The summed E-state index contributed by atoms with van der Waals surface area (Å²) in [6.45, 7) is 1.88. The number of ether oxygens (including phenoxy) is 2. The number of nitrogens with two attached hydrogens (primary N) is 2. The molecule has 25 heavy (non-hydrogen) atoms. The monoisotopic (exact) mass is 366 g/mol. The Bertz CT molecular complexity index is 376. The van der Waals surface area contributed by atoms with Crippen molar-refractivity contribution in [1.82, 2.24) is 10.6 Å². The minimum Gasteiger partial charge on any atom is -0.394 e. The van der Waals surface area contributed by atoms with Crippen molar-refractivity contribution in [1.29, 1.82) is 0 Å². The van der Waals surface area contributed by atoms with Crippen LogP contribution in [0.15, 0.2) is 0 Å². The van der Waals surface area contributed by atoms with Gasteiger partial charge in [-0.1, -0.05) is 0 Å². The van der Waals surface area contributed by atoms with Gasteiger partial charge in [-0.05, 0) is 26.9 Å². The summed E-state index contributed by atoms with van der Waals surface area (Å²) in [4.78, 5) is 0. The number of aliphatic hydroxyl groups is 4. The largest absolute Gasteiger partial charge is 0.394 e. The molecule has 150 valence electrons. The summed E-state index contributed by atoms with van der Waals surface area (Å²) in [7, 11) is 1.63. The van der Waals surface area contributed by atoms with Gasteiger partial charge in [0, 0.05) is 19.1 Å². The van der Waals surface area contributed by atoms with E-state index in [9.17, 15) is 20.4 Å². The fourth-order valence-corrected chi connectivity index (χ4v) is 2.97. The van der Waals surface area contributed by atoms with Crippen LogP contribution in [0.25, 0.3) is 0 Å². The Kier molecular flexibility index (Phi) is 9.67. The molecule has 7 atom stereocenters. The number of likely N-dealkylation sites (N-methyl/N-ethyl adjacent to an activating group) is 1. The summed E-state index contributed by atoms with van der Waals surface area (Å²) in [5.41, 5.74) is 9.75. The van der Waals surface area contributed by atoms with Gasteiger partial charge in [0.25, 0.3) is 0 Å². The Morgan fingerprint density at radius 3 is 2.60 bits per heavy atom. The lowest BCUT2D eigenvalue weighted by Crippen LogP contribution is -2.66. The molecule has 10 N–H and O–H groups in total. The lowest BCUT2D eigenvalue weighted by atomic mass is 9.90. The van der Waals surface area contributed by atoms with Crippen molar-refractivity contribution in [3.63, 3.8) is 0 Å². The molecule has 1 aliphatic heterocycles. The summed E-state index contributed by atoms with van der Waals surface area (Å²) < 4.78 is 11.2. The quantitative estimate of drug-likeness (QED) is 0.180. The fourth-order valence-electron chi connectivity index (χ4n) is 2.97. The fraction of sp³-hybridized carbons (Fsp3) is 1.00. The van der Waals surface area contributed by atoms with Crippen LogP contribution in [0.2, 0.25) is 0 Å². The highest BCUT2D eigenvalue weighted by Gasteiger charge is 2.47. The summed E-state index contributed by atoms with van der Waals surface area (Å²) in [5.74, 6) is 0. The van der Waals surface area contributed by atoms with Crippen molar-refractivity contribution < 1.29 is 29.9 Å². The summed E-state index contributed by atoms with van der Waals surface area (Å²) >= 11 is 0. The first-order valence-electron chi connectivity index (χ1n) is 8.57. The zero-order valence-electron chi connectivity index (χ0n) is 15.0. The van der Waals surface area contributed by atoms with E-state index in [1.165, 1.54) is 0 Å². The zero-order valence-corrected chi connectivity index (χ0v) is 15.0. The molecule has 1 aliphatic rings.